The molecule has 1 aromatic rings. The first-order chi connectivity index (χ1) is 11.8. The van der Waals surface area contributed by atoms with E-state index in [-0.39, 0.29) is 30.2 Å². The minimum Gasteiger partial charge on any atom is -0.346 e. The van der Waals surface area contributed by atoms with Crippen LogP contribution in [0.5, 0.6) is 0 Å². The van der Waals surface area contributed by atoms with Crippen LogP contribution in [0.2, 0.25) is 0 Å². The van der Waals surface area contributed by atoms with Crippen LogP contribution in [0, 0.1) is 5.92 Å². The zero-order chi connectivity index (χ0) is 18.2. The quantitative estimate of drug-likeness (QED) is 0.898. The molecule has 132 valence electrons. The molecule has 1 aromatic heterocycles. The third kappa shape index (κ3) is 3.31. The van der Waals surface area contributed by atoms with E-state index in [1.54, 1.807) is 18.3 Å². The number of hydrogen-bond donors (Lipinski definition) is 1. The van der Waals surface area contributed by atoms with Gasteiger partial charge in [0.25, 0.3) is 5.91 Å². The molecule has 0 saturated carbocycles. The van der Waals surface area contributed by atoms with Gasteiger partial charge in [0, 0.05) is 11.1 Å². The lowest BCUT2D eigenvalue weighted by Crippen LogP contribution is -2.60. The van der Waals surface area contributed by atoms with Crippen LogP contribution in [-0.2, 0) is 9.59 Å². The van der Waals surface area contributed by atoms with Crippen molar-refractivity contribution in [2.45, 2.75) is 45.7 Å². The Balaban J connectivity index is 1.89. The van der Waals surface area contributed by atoms with E-state index in [1.807, 2.05) is 47.7 Å². The summed E-state index contributed by atoms with van der Waals surface area (Å²) in [5, 5.41) is 5.17. The Morgan fingerprint density at radius 2 is 2.20 bits per heavy atom. The number of carbonyl (C=O) groups excluding carboxylic acids is 2. The number of rotatable bonds is 4. The fourth-order valence-electron chi connectivity index (χ4n) is 3.16. The number of nitrogens with zero attached hydrogens (tertiary/aromatic N) is 2. The monoisotopic (exact) mass is 357 g/mol. The lowest BCUT2D eigenvalue weighted by atomic mass is 9.89. The van der Waals surface area contributed by atoms with Crippen LogP contribution in [0.4, 0.5) is 0 Å². The molecule has 0 fully saturated rings. The van der Waals surface area contributed by atoms with Gasteiger partial charge >= 0.3 is 0 Å². The van der Waals surface area contributed by atoms with Gasteiger partial charge in [-0.2, -0.15) is 4.99 Å². The summed E-state index contributed by atoms with van der Waals surface area (Å²) < 4.78 is 0. The van der Waals surface area contributed by atoms with Gasteiger partial charge in [0.15, 0.2) is 0 Å². The third-order valence-electron chi connectivity index (χ3n) is 4.65. The number of fused-ring (bicyclic) bond motifs is 1. The first-order valence-corrected chi connectivity index (χ1v) is 9.31. The molecule has 3 rings (SSSR count). The smallest absolute Gasteiger partial charge is 0.250 e. The van der Waals surface area contributed by atoms with E-state index in [0.717, 1.165) is 10.5 Å². The maximum atomic E-state index is 13.2. The van der Waals surface area contributed by atoms with Crippen LogP contribution in [0.15, 0.2) is 46.4 Å². The highest BCUT2D eigenvalue weighted by Gasteiger charge is 2.46. The highest BCUT2D eigenvalue weighted by Crippen LogP contribution is 2.32. The van der Waals surface area contributed by atoms with Crippen molar-refractivity contribution in [3.63, 3.8) is 0 Å². The first kappa shape index (κ1) is 17.6. The predicted molar refractivity (Wildman–Crippen MR) is 100 cm³/mol. The Bertz CT molecular complexity index is 777. The highest BCUT2D eigenvalue weighted by atomic mass is 32.1. The molecule has 25 heavy (non-hydrogen) atoms. The molecule has 0 unspecified atom stereocenters. The van der Waals surface area contributed by atoms with Gasteiger partial charge in [-0.3, -0.25) is 9.59 Å². The summed E-state index contributed by atoms with van der Waals surface area (Å²) in [6, 6.07) is 3.94. The minimum absolute atomic E-state index is 0.0643. The normalized spacial score (nSPS) is 23.9. The Kier molecular flexibility index (Phi) is 4.64. The van der Waals surface area contributed by atoms with Gasteiger partial charge in [-0.15, -0.1) is 11.3 Å². The van der Waals surface area contributed by atoms with E-state index in [4.69, 9.17) is 0 Å². The van der Waals surface area contributed by atoms with Gasteiger partial charge in [0.1, 0.15) is 11.4 Å². The van der Waals surface area contributed by atoms with Gasteiger partial charge < -0.3 is 10.2 Å². The number of carbonyl (C=O) groups is 2. The summed E-state index contributed by atoms with van der Waals surface area (Å²) in [5.74, 6) is 0.363. The lowest BCUT2D eigenvalue weighted by Gasteiger charge is -2.43. The highest BCUT2D eigenvalue weighted by molar-refractivity contribution is 7.10. The van der Waals surface area contributed by atoms with Gasteiger partial charge in [0.2, 0.25) is 5.91 Å². The van der Waals surface area contributed by atoms with Crippen molar-refractivity contribution >= 4 is 29.0 Å². The molecular formula is C19H23N3O2S. The van der Waals surface area contributed by atoms with E-state index < -0.39 is 5.54 Å². The van der Waals surface area contributed by atoms with Crippen LogP contribution in [0.3, 0.4) is 0 Å². The molecule has 0 spiro atoms. The average Bonchev–Trinajstić information content (AvgIpc) is 3.05. The lowest BCUT2D eigenvalue weighted by molar-refractivity contribution is -0.135. The van der Waals surface area contributed by atoms with E-state index in [0.29, 0.717) is 5.84 Å². The number of thiophene rings is 1. The molecule has 0 aromatic carbocycles. The molecule has 0 saturated heterocycles. The van der Waals surface area contributed by atoms with E-state index >= 15 is 0 Å². The van der Waals surface area contributed by atoms with Crippen molar-refractivity contribution in [1.82, 2.24) is 10.2 Å². The Morgan fingerprint density at radius 1 is 1.44 bits per heavy atom. The zero-order valence-corrected chi connectivity index (χ0v) is 15.8. The third-order valence-corrected chi connectivity index (χ3v) is 5.60. The fourth-order valence-corrected chi connectivity index (χ4v) is 4.11. The molecule has 0 bridgehead atoms. The standard InChI is InChI=1S/C19H23N3O2S/c1-12(2)17(14-6-5-9-25-14)21-18(24)19(4)11-16(23)20-15-10-13(3)7-8-22(15)19/h5-10,12,17H,11H2,1-4H3,(H,21,24)/t17-,19+/m1/s1. The summed E-state index contributed by atoms with van der Waals surface area (Å²) in [4.78, 5) is 32.4. The number of allylic oxidation sites excluding steroid dienone is 2. The number of aliphatic imine (C=N–C) groups is 1. The van der Waals surface area contributed by atoms with Crippen LogP contribution in [0.1, 0.15) is 45.0 Å². The molecule has 1 N–H and O–H groups in total. The second-order valence-electron chi connectivity index (χ2n) is 7.10. The molecule has 2 atom stereocenters. The molecular weight excluding hydrogens is 334 g/mol. The maximum Gasteiger partial charge on any atom is 0.250 e. The average molecular weight is 357 g/mol. The Morgan fingerprint density at radius 3 is 2.84 bits per heavy atom. The van der Waals surface area contributed by atoms with E-state index in [9.17, 15) is 9.59 Å². The summed E-state index contributed by atoms with van der Waals surface area (Å²) >= 11 is 1.63. The predicted octanol–water partition coefficient (Wildman–Crippen LogP) is 3.42. The first-order valence-electron chi connectivity index (χ1n) is 8.43. The second-order valence-corrected chi connectivity index (χ2v) is 8.08. The van der Waals surface area contributed by atoms with E-state index in [1.165, 1.54) is 0 Å². The van der Waals surface area contributed by atoms with Crippen molar-refractivity contribution < 1.29 is 9.59 Å². The largest absolute Gasteiger partial charge is 0.346 e. The number of hydrogen-bond acceptors (Lipinski definition) is 4. The minimum atomic E-state index is -0.980. The molecule has 3 heterocycles. The molecule has 2 aliphatic heterocycles. The number of amidine groups is 1. The molecule has 2 aliphatic rings. The summed E-state index contributed by atoms with van der Waals surface area (Å²) in [6.45, 7) is 7.91. The SMILES string of the molecule is CC1=CC2=NC(=O)C[C@@](C)(C(=O)N[C@@H](c3cccs3)C(C)C)N2C=C1. The van der Waals surface area contributed by atoms with Crippen LogP contribution >= 0.6 is 11.3 Å². The topological polar surface area (TPSA) is 61.8 Å². The Labute approximate surface area is 152 Å². The maximum absolute atomic E-state index is 13.2. The van der Waals surface area contributed by atoms with Gasteiger partial charge in [0.05, 0.1) is 12.5 Å². The van der Waals surface area contributed by atoms with Crippen molar-refractivity contribution in [2.24, 2.45) is 10.9 Å². The van der Waals surface area contributed by atoms with Gasteiger partial charge in [-0.25, -0.2) is 0 Å². The van der Waals surface area contributed by atoms with Crippen LogP contribution < -0.4 is 5.32 Å². The van der Waals surface area contributed by atoms with Crippen molar-refractivity contribution in [2.75, 3.05) is 0 Å². The molecule has 6 heteroatoms. The molecule has 5 nitrogen and oxygen atoms in total. The molecule has 0 radical (unpaired) electrons. The second kappa shape index (κ2) is 6.59. The van der Waals surface area contributed by atoms with Crippen LogP contribution in [0.25, 0.3) is 0 Å². The van der Waals surface area contributed by atoms with E-state index in [2.05, 4.69) is 24.2 Å². The van der Waals surface area contributed by atoms with Crippen molar-refractivity contribution in [3.05, 3.63) is 46.3 Å². The van der Waals surface area contributed by atoms with Crippen LogP contribution in [-0.4, -0.2) is 28.1 Å². The summed E-state index contributed by atoms with van der Waals surface area (Å²) in [5.41, 5.74) is 0.0258. The summed E-state index contributed by atoms with van der Waals surface area (Å²) in [6.07, 6.45) is 5.67. The van der Waals surface area contributed by atoms with Gasteiger partial charge in [-0.05, 0) is 48.9 Å². The number of nitrogens with one attached hydrogen (secondary N) is 1. The zero-order valence-electron chi connectivity index (χ0n) is 14.9. The molecule has 2 amide bonds. The van der Waals surface area contributed by atoms with Crippen molar-refractivity contribution in [3.8, 4) is 0 Å². The molecule has 0 aliphatic carbocycles. The fraction of sp³-hybridized carbons (Fsp3) is 0.421. The van der Waals surface area contributed by atoms with Crippen molar-refractivity contribution in [1.29, 1.82) is 0 Å². The van der Waals surface area contributed by atoms with Gasteiger partial charge in [-0.1, -0.05) is 19.9 Å². The summed E-state index contributed by atoms with van der Waals surface area (Å²) in [7, 11) is 0. The number of amides is 2. The Hall–Kier alpha value is -2.21.